The summed E-state index contributed by atoms with van der Waals surface area (Å²) in [6, 6.07) is 10.3. The molecule has 3 N–H and O–H groups in total. The van der Waals surface area contributed by atoms with Gasteiger partial charge in [-0.25, -0.2) is 9.59 Å². The van der Waals surface area contributed by atoms with Crippen molar-refractivity contribution in [2.75, 3.05) is 0 Å². The largest absolute Gasteiger partial charge is 0.449 e. The maximum Gasteiger partial charge on any atom is 0.338 e. The summed E-state index contributed by atoms with van der Waals surface area (Å²) < 4.78 is 5.22. The van der Waals surface area contributed by atoms with Crippen LogP contribution in [0.1, 0.15) is 41.6 Å². The lowest BCUT2D eigenvalue weighted by Gasteiger charge is -2.13. The second-order valence-electron chi connectivity index (χ2n) is 6.52. The van der Waals surface area contributed by atoms with Crippen molar-refractivity contribution in [2.45, 2.75) is 46.0 Å². The van der Waals surface area contributed by atoms with Crippen molar-refractivity contribution < 1.29 is 19.1 Å². The van der Waals surface area contributed by atoms with Crippen molar-refractivity contribution in [1.82, 2.24) is 16.0 Å². The molecule has 0 aliphatic rings. The summed E-state index contributed by atoms with van der Waals surface area (Å²) in [5, 5.41) is 10.1. The molecule has 0 aliphatic carbocycles. The fourth-order valence-electron chi connectivity index (χ4n) is 2.27. The van der Waals surface area contributed by atoms with E-state index in [0.29, 0.717) is 18.7 Å². The quantitative estimate of drug-likeness (QED) is 0.591. The Bertz CT molecular complexity index is 788. The molecule has 2 aromatic rings. The van der Waals surface area contributed by atoms with Crippen LogP contribution in [0, 0.1) is 0 Å². The Morgan fingerprint density at radius 2 is 1.71 bits per heavy atom. The Labute approximate surface area is 168 Å². The van der Waals surface area contributed by atoms with E-state index in [1.54, 1.807) is 35.6 Å². The molecular formula is C20H25N3O4S. The van der Waals surface area contributed by atoms with Gasteiger partial charge >= 0.3 is 12.0 Å². The molecule has 150 valence electrons. The molecule has 3 amide bonds. The number of carbonyl (C=O) groups is 3. The molecule has 0 fully saturated rings. The summed E-state index contributed by atoms with van der Waals surface area (Å²) >= 11 is 1.54. The Balaban J connectivity index is 1.79. The summed E-state index contributed by atoms with van der Waals surface area (Å²) in [6.07, 6.45) is -0.895. The fourth-order valence-corrected chi connectivity index (χ4v) is 2.91. The molecule has 0 spiro atoms. The van der Waals surface area contributed by atoms with Gasteiger partial charge in [-0.15, -0.1) is 11.3 Å². The third-order valence-electron chi connectivity index (χ3n) is 3.73. The van der Waals surface area contributed by atoms with Crippen LogP contribution < -0.4 is 16.0 Å². The average molecular weight is 404 g/mol. The van der Waals surface area contributed by atoms with Crippen molar-refractivity contribution in [1.29, 1.82) is 0 Å². The van der Waals surface area contributed by atoms with Crippen molar-refractivity contribution >= 4 is 29.2 Å². The zero-order valence-electron chi connectivity index (χ0n) is 16.2. The number of carbonyl (C=O) groups excluding carboxylic acids is 3. The topological polar surface area (TPSA) is 96.5 Å². The van der Waals surface area contributed by atoms with E-state index < -0.39 is 12.1 Å². The smallest absolute Gasteiger partial charge is 0.338 e. The number of rotatable bonds is 8. The molecule has 0 aliphatic heterocycles. The molecule has 0 unspecified atom stereocenters. The van der Waals surface area contributed by atoms with Crippen LogP contribution in [0.2, 0.25) is 0 Å². The van der Waals surface area contributed by atoms with Gasteiger partial charge < -0.3 is 20.7 Å². The molecule has 28 heavy (non-hydrogen) atoms. The number of esters is 1. The lowest BCUT2D eigenvalue weighted by atomic mass is 10.1. The van der Waals surface area contributed by atoms with Gasteiger partial charge in [0, 0.05) is 17.5 Å². The number of urea groups is 1. The minimum absolute atomic E-state index is 0.0571. The fraction of sp³-hybridized carbons (Fsp3) is 0.350. The zero-order chi connectivity index (χ0) is 20.5. The highest BCUT2D eigenvalue weighted by Crippen LogP contribution is 2.09. The predicted octanol–water partition coefficient (Wildman–Crippen LogP) is 2.82. The number of hydrogen-bond acceptors (Lipinski definition) is 5. The highest BCUT2D eigenvalue weighted by atomic mass is 32.1. The van der Waals surface area contributed by atoms with Gasteiger partial charge in [0.2, 0.25) is 0 Å². The monoisotopic (exact) mass is 403 g/mol. The number of amides is 3. The molecular weight excluding hydrogens is 378 g/mol. The van der Waals surface area contributed by atoms with Crippen LogP contribution >= 0.6 is 11.3 Å². The summed E-state index contributed by atoms with van der Waals surface area (Å²) in [4.78, 5) is 36.9. The Hall–Kier alpha value is -2.87. The molecule has 1 aromatic heterocycles. The molecule has 1 atom stereocenters. The van der Waals surface area contributed by atoms with Crippen molar-refractivity contribution in [3.8, 4) is 0 Å². The van der Waals surface area contributed by atoms with E-state index in [4.69, 9.17) is 4.74 Å². The van der Waals surface area contributed by atoms with Crippen LogP contribution in [0.3, 0.4) is 0 Å². The van der Waals surface area contributed by atoms with Crippen molar-refractivity contribution in [2.24, 2.45) is 0 Å². The number of nitrogens with one attached hydrogen (secondary N) is 3. The van der Waals surface area contributed by atoms with Crippen LogP contribution in [0.15, 0.2) is 41.8 Å². The lowest BCUT2D eigenvalue weighted by molar-refractivity contribution is -0.129. The minimum Gasteiger partial charge on any atom is -0.449 e. The molecule has 7 nitrogen and oxygen atoms in total. The molecule has 0 radical (unpaired) electrons. The Morgan fingerprint density at radius 1 is 1.00 bits per heavy atom. The zero-order valence-corrected chi connectivity index (χ0v) is 17.0. The van der Waals surface area contributed by atoms with E-state index in [2.05, 4.69) is 16.0 Å². The third-order valence-corrected chi connectivity index (χ3v) is 4.61. The highest BCUT2D eigenvalue weighted by Gasteiger charge is 2.18. The van der Waals surface area contributed by atoms with Crippen LogP contribution in [-0.2, 0) is 22.6 Å². The standard InChI is InChI=1S/C20H25N3O4S/c1-13(2)23-20(26)22-11-15-6-8-16(9-7-15)19(25)27-14(3)18(24)21-12-17-5-4-10-28-17/h4-10,13-14H,11-12H2,1-3H3,(H,21,24)(H2,22,23,26)/t14-/m0/s1. The van der Waals surface area contributed by atoms with Crippen LogP contribution in [0.5, 0.6) is 0 Å². The third kappa shape index (κ3) is 7.03. The van der Waals surface area contributed by atoms with Gasteiger partial charge in [0.1, 0.15) is 0 Å². The minimum atomic E-state index is -0.895. The first-order valence-electron chi connectivity index (χ1n) is 8.99. The van der Waals surface area contributed by atoms with E-state index in [0.717, 1.165) is 10.4 Å². The van der Waals surface area contributed by atoms with Crippen molar-refractivity contribution in [3.05, 3.63) is 57.8 Å². The number of thiophene rings is 1. The molecule has 8 heteroatoms. The molecule has 0 saturated carbocycles. The molecule has 0 saturated heterocycles. The maximum absolute atomic E-state index is 12.2. The number of ether oxygens (including phenoxy) is 1. The Morgan fingerprint density at radius 3 is 2.32 bits per heavy atom. The number of hydrogen-bond donors (Lipinski definition) is 3. The van der Waals surface area contributed by atoms with E-state index in [1.807, 2.05) is 31.4 Å². The predicted molar refractivity (Wildman–Crippen MR) is 108 cm³/mol. The molecule has 0 bridgehead atoms. The van der Waals surface area contributed by atoms with Crippen LogP contribution in [0.25, 0.3) is 0 Å². The van der Waals surface area contributed by atoms with E-state index in [1.165, 1.54) is 6.92 Å². The highest BCUT2D eigenvalue weighted by molar-refractivity contribution is 7.09. The maximum atomic E-state index is 12.2. The average Bonchev–Trinajstić information content (AvgIpc) is 3.17. The first-order valence-corrected chi connectivity index (χ1v) is 9.87. The molecule has 2 rings (SSSR count). The second-order valence-corrected chi connectivity index (χ2v) is 7.56. The number of benzene rings is 1. The van der Waals surface area contributed by atoms with Gasteiger partial charge in [-0.05, 0) is 49.9 Å². The van der Waals surface area contributed by atoms with E-state index >= 15 is 0 Å². The lowest BCUT2D eigenvalue weighted by Crippen LogP contribution is -2.39. The second kappa shape index (κ2) is 10.5. The van der Waals surface area contributed by atoms with Crippen molar-refractivity contribution in [3.63, 3.8) is 0 Å². The van der Waals surface area contributed by atoms with Crippen LogP contribution in [-0.4, -0.2) is 30.1 Å². The summed E-state index contributed by atoms with van der Waals surface area (Å²) in [7, 11) is 0. The van der Waals surface area contributed by atoms with Gasteiger partial charge in [0.25, 0.3) is 5.91 Å². The normalized spacial score (nSPS) is 11.6. The summed E-state index contributed by atoms with van der Waals surface area (Å²) in [5.74, 6) is -0.922. The summed E-state index contributed by atoms with van der Waals surface area (Å²) in [6.45, 7) is 6.04. The Kier molecular flexibility index (Phi) is 8.01. The molecule has 1 aromatic carbocycles. The van der Waals surface area contributed by atoms with Gasteiger partial charge in [-0.2, -0.15) is 0 Å². The summed E-state index contributed by atoms with van der Waals surface area (Å²) in [5.41, 5.74) is 1.19. The first kappa shape index (κ1) is 21.4. The van der Waals surface area contributed by atoms with Gasteiger partial charge in [0.15, 0.2) is 6.10 Å². The van der Waals surface area contributed by atoms with Gasteiger partial charge in [0.05, 0.1) is 12.1 Å². The van der Waals surface area contributed by atoms with Crippen LogP contribution in [0.4, 0.5) is 4.79 Å². The van der Waals surface area contributed by atoms with Gasteiger partial charge in [-0.1, -0.05) is 18.2 Å². The van der Waals surface area contributed by atoms with Gasteiger partial charge in [-0.3, -0.25) is 4.79 Å². The first-order chi connectivity index (χ1) is 13.3. The SMILES string of the molecule is CC(C)NC(=O)NCc1ccc(C(=O)O[C@@H](C)C(=O)NCc2cccs2)cc1. The molecule has 1 heterocycles. The van der Waals surface area contributed by atoms with E-state index in [-0.39, 0.29) is 18.0 Å². The van der Waals surface area contributed by atoms with E-state index in [9.17, 15) is 14.4 Å².